The Morgan fingerprint density at radius 2 is 1.95 bits per heavy atom. The first-order valence-corrected chi connectivity index (χ1v) is 7.59. The minimum Gasteiger partial charge on any atom is -0.381 e. The monoisotopic (exact) mass is 311 g/mol. The number of benzene rings is 1. The lowest BCUT2D eigenvalue weighted by molar-refractivity contribution is -0.399. The summed E-state index contributed by atoms with van der Waals surface area (Å²) in [5, 5.41) is -1.55. The number of hydrogen-bond donors (Lipinski definition) is 0. The highest BCUT2D eigenvalue weighted by Gasteiger charge is 2.47. The Balaban J connectivity index is 2.36. The van der Waals surface area contributed by atoms with Gasteiger partial charge in [0.15, 0.2) is 0 Å². The number of hydrogen-bond acceptors (Lipinski definition) is 5. The van der Waals surface area contributed by atoms with Crippen LogP contribution >= 0.6 is 0 Å². The summed E-state index contributed by atoms with van der Waals surface area (Å²) in [6, 6.07) is 5.87. The minimum atomic E-state index is -4.23. The third-order valence-corrected chi connectivity index (χ3v) is 4.40. The van der Waals surface area contributed by atoms with Gasteiger partial charge in [-0.3, -0.25) is 0 Å². The Bertz CT molecular complexity index is 739. The molecular formula is C13H15N2O5S+. The molecule has 1 aliphatic rings. The normalized spacial score (nSPS) is 19.5. The smallest absolute Gasteiger partial charge is 0.381 e. The Hall–Kier alpha value is -2.22. The third-order valence-electron chi connectivity index (χ3n) is 3.03. The average molecular weight is 311 g/mol. The van der Waals surface area contributed by atoms with Gasteiger partial charge in [0.25, 0.3) is 5.25 Å². The molecule has 1 atom stereocenters. The molecule has 3 amide bonds. The Morgan fingerprint density at radius 1 is 1.29 bits per heavy atom. The van der Waals surface area contributed by atoms with Gasteiger partial charge in [-0.1, -0.05) is 12.1 Å². The van der Waals surface area contributed by atoms with E-state index in [0.29, 0.717) is 0 Å². The van der Waals surface area contributed by atoms with E-state index >= 15 is 0 Å². The zero-order valence-corrected chi connectivity index (χ0v) is 12.6. The Morgan fingerprint density at radius 3 is 2.57 bits per heavy atom. The van der Waals surface area contributed by atoms with Crippen molar-refractivity contribution in [3.63, 3.8) is 0 Å². The number of carbonyl (C=O) groups excluding carboxylic acids is 2. The van der Waals surface area contributed by atoms with Crippen LogP contribution in [0.25, 0.3) is 0 Å². The van der Waals surface area contributed by atoms with Gasteiger partial charge < -0.3 is 4.18 Å². The maximum absolute atomic E-state index is 12.2. The van der Waals surface area contributed by atoms with E-state index in [1.807, 2.05) is 0 Å². The van der Waals surface area contributed by atoms with Crippen molar-refractivity contribution in [2.24, 2.45) is 0 Å². The molecule has 1 unspecified atom stereocenters. The summed E-state index contributed by atoms with van der Waals surface area (Å²) >= 11 is 0. The molecule has 0 aromatic heterocycles. The topological polar surface area (TPSA) is 83.8 Å². The quantitative estimate of drug-likeness (QED) is 0.595. The van der Waals surface area contributed by atoms with Gasteiger partial charge in [0.05, 0.1) is 14.1 Å². The Labute approximate surface area is 122 Å². The SMILES string of the molecule is Cc1cccc(OS(=O)(=O)C2C=[N+](C)C(=O)N(C)C2=O)c1. The zero-order valence-electron chi connectivity index (χ0n) is 11.8. The van der Waals surface area contributed by atoms with E-state index in [0.717, 1.165) is 21.3 Å². The van der Waals surface area contributed by atoms with Gasteiger partial charge in [-0.25, -0.2) is 9.37 Å². The van der Waals surface area contributed by atoms with Crippen LogP contribution in [0.5, 0.6) is 5.75 Å². The van der Waals surface area contributed by atoms with Crippen LogP contribution in [0.15, 0.2) is 24.3 Å². The Kier molecular flexibility index (Phi) is 3.82. The van der Waals surface area contributed by atoms with Crippen LogP contribution in [-0.4, -0.2) is 55.4 Å². The van der Waals surface area contributed by atoms with Crippen molar-refractivity contribution >= 4 is 28.3 Å². The summed E-state index contributed by atoms with van der Waals surface area (Å²) in [5.41, 5.74) is 0.825. The maximum Gasteiger partial charge on any atom is 0.500 e. The fourth-order valence-corrected chi connectivity index (χ4v) is 3.12. The molecule has 112 valence electrons. The van der Waals surface area contributed by atoms with Gasteiger partial charge in [-0.05, 0) is 24.6 Å². The van der Waals surface area contributed by atoms with Crippen molar-refractivity contribution in [2.45, 2.75) is 12.2 Å². The average Bonchev–Trinajstić information content (AvgIpc) is 2.40. The number of urea groups is 1. The molecule has 1 aromatic rings. The van der Waals surface area contributed by atoms with Gasteiger partial charge in [0.1, 0.15) is 12.0 Å². The molecule has 0 saturated heterocycles. The van der Waals surface area contributed by atoms with Crippen LogP contribution in [0.4, 0.5) is 4.79 Å². The van der Waals surface area contributed by atoms with Crippen LogP contribution in [0.2, 0.25) is 0 Å². The highest BCUT2D eigenvalue weighted by molar-refractivity contribution is 7.89. The second kappa shape index (κ2) is 5.28. The molecule has 0 radical (unpaired) electrons. The lowest BCUT2D eigenvalue weighted by atomic mass is 10.2. The standard InChI is InChI=1S/C13H15N2O5S/c1-9-5-4-6-10(7-9)20-21(18,19)11-8-14(2)13(17)15(3)12(11)16/h4-8,11H,1-3H3/q+1. The first-order chi connectivity index (χ1) is 9.72. The number of imide groups is 1. The van der Waals surface area contributed by atoms with Crippen molar-refractivity contribution in [2.75, 3.05) is 14.1 Å². The van der Waals surface area contributed by atoms with Gasteiger partial charge in [-0.2, -0.15) is 18.1 Å². The van der Waals surface area contributed by atoms with Gasteiger partial charge in [0, 0.05) is 0 Å². The van der Waals surface area contributed by atoms with E-state index in [4.69, 9.17) is 4.18 Å². The molecule has 0 spiro atoms. The van der Waals surface area contributed by atoms with Gasteiger partial charge in [0.2, 0.25) is 0 Å². The number of rotatable bonds is 3. The lowest BCUT2D eigenvalue weighted by Crippen LogP contribution is -2.54. The van der Waals surface area contributed by atoms with Crippen molar-refractivity contribution in [3.8, 4) is 5.75 Å². The molecule has 0 aliphatic carbocycles. The molecule has 0 bridgehead atoms. The van der Waals surface area contributed by atoms with Gasteiger partial charge in [-0.15, -0.1) is 0 Å². The molecule has 0 N–H and O–H groups in total. The molecule has 2 rings (SSSR count). The molecule has 21 heavy (non-hydrogen) atoms. The third kappa shape index (κ3) is 2.94. The number of aryl methyl sites for hydroxylation is 1. The molecule has 7 nitrogen and oxygen atoms in total. The molecular weight excluding hydrogens is 296 g/mol. The summed E-state index contributed by atoms with van der Waals surface area (Å²) in [5.74, 6) is -0.718. The molecule has 1 aliphatic heterocycles. The van der Waals surface area contributed by atoms with Gasteiger partial charge >= 0.3 is 22.1 Å². The number of nitrogens with zero attached hydrogens (tertiary/aromatic N) is 2. The van der Waals surface area contributed by atoms with Crippen LogP contribution in [0.1, 0.15) is 5.56 Å². The molecule has 1 aromatic carbocycles. The number of amides is 3. The van der Waals surface area contributed by atoms with E-state index in [2.05, 4.69) is 0 Å². The summed E-state index contributed by atoms with van der Waals surface area (Å²) in [6.07, 6.45) is 1.04. The predicted octanol–water partition coefficient (Wildman–Crippen LogP) is 0.377. The molecule has 0 saturated carbocycles. The van der Waals surface area contributed by atoms with Crippen molar-refractivity contribution < 1.29 is 26.8 Å². The first kappa shape index (κ1) is 15.2. The van der Waals surface area contributed by atoms with Crippen molar-refractivity contribution in [1.29, 1.82) is 0 Å². The number of carbonyl (C=O) groups is 2. The molecule has 1 heterocycles. The second-order valence-electron chi connectivity index (χ2n) is 4.75. The lowest BCUT2D eigenvalue weighted by Gasteiger charge is -2.19. The largest absolute Gasteiger partial charge is 0.500 e. The fraction of sp³-hybridized carbons (Fsp3) is 0.308. The highest BCUT2D eigenvalue weighted by atomic mass is 32.2. The maximum atomic E-state index is 12.2. The van der Waals surface area contributed by atoms with E-state index < -0.39 is 27.3 Å². The highest BCUT2D eigenvalue weighted by Crippen LogP contribution is 2.18. The van der Waals surface area contributed by atoms with Crippen molar-refractivity contribution in [1.82, 2.24) is 4.90 Å². The first-order valence-electron chi connectivity index (χ1n) is 6.11. The van der Waals surface area contributed by atoms with E-state index in [1.54, 1.807) is 25.1 Å². The zero-order chi connectivity index (χ0) is 15.8. The summed E-state index contributed by atoms with van der Waals surface area (Å²) in [4.78, 5) is 24.3. The van der Waals surface area contributed by atoms with E-state index in [9.17, 15) is 18.0 Å². The van der Waals surface area contributed by atoms with Crippen molar-refractivity contribution in [3.05, 3.63) is 29.8 Å². The fourth-order valence-electron chi connectivity index (χ4n) is 1.90. The second-order valence-corrected chi connectivity index (χ2v) is 6.41. The van der Waals surface area contributed by atoms with E-state index in [-0.39, 0.29) is 5.75 Å². The van der Waals surface area contributed by atoms with Crippen LogP contribution in [0.3, 0.4) is 0 Å². The van der Waals surface area contributed by atoms with Crippen LogP contribution in [0, 0.1) is 6.92 Å². The summed E-state index contributed by atoms with van der Waals surface area (Å²) < 4.78 is 30.5. The van der Waals surface area contributed by atoms with Crippen LogP contribution in [-0.2, 0) is 14.9 Å². The van der Waals surface area contributed by atoms with E-state index in [1.165, 1.54) is 20.2 Å². The predicted molar refractivity (Wildman–Crippen MR) is 74.9 cm³/mol. The molecule has 8 heteroatoms. The summed E-state index contributed by atoms with van der Waals surface area (Å²) in [7, 11) is -1.63. The minimum absolute atomic E-state index is 0.124. The summed E-state index contributed by atoms with van der Waals surface area (Å²) in [6.45, 7) is 1.79. The molecule has 0 fully saturated rings. The van der Waals surface area contributed by atoms with Crippen LogP contribution < -0.4 is 4.18 Å².